The van der Waals surface area contributed by atoms with Crippen molar-refractivity contribution in [2.45, 2.75) is 26.0 Å². The lowest BCUT2D eigenvalue weighted by atomic mass is 10.1. The summed E-state index contributed by atoms with van der Waals surface area (Å²) in [6, 6.07) is 6.13. The lowest BCUT2D eigenvalue weighted by Crippen LogP contribution is -2.53. The van der Waals surface area contributed by atoms with Crippen LogP contribution in [0, 0.1) is 11.3 Å². The van der Waals surface area contributed by atoms with Gasteiger partial charge in [-0.2, -0.15) is 5.26 Å². The molecule has 1 fully saturated rings. The number of aliphatic hydroxyl groups excluding tert-OH is 1. The van der Waals surface area contributed by atoms with Gasteiger partial charge in [0.15, 0.2) is 0 Å². The Balaban J connectivity index is 2.08. The first kappa shape index (κ1) is 13.8. The third-order valence-electron chi connectivity index (χ3n) is 3.47. The van der Waals surface area contributed by atoms with E-state index in [9.17, 15) is 5.11 Å². The molecule has 0 aromatic carbocycles. The number of nitrogens with zero attached hydrogens (tertiary/aromatic N) is 4. The Labute approximate surface area is 114 Å². The zero-order valence-electron chi connectivity index (χ0n) is 11.5. The Bertz CT molecular complexity index is 469. The molecular weight excluding hydrogens is 240 g/mol. The molecule has 1 aromatic rings. The summed E-state index contributed by atoms with van der Waals surface area (Å²) in [7, 11) is 0. The second-order valence-corrected chi connectivity index (χ2v) is 5.13. The van der Waals surface area contributed by atoms with Gasteiger partial charge in [0.25, 0.3) is 0 Å². The molecule has 0 saturated carbocycles. The Morgan fingerprint density at radius 1 is 1.58 bits per heavy atom. The smallest absolute Gasteiger partial charge is 0.146 e. The number of piperazine rings is 1. The second kappa shape index (κ2) is 6.00. The molecular formula is C14H20N4O. The molecule has 0 amide bonds. The van der Waals surface area contributed by atoms with Gasteiger partial charge < -0.3 is 10.0 Å². The van der Waals surface area contributed by atoms with Gasteiger partial charge in [-0.25, -0.2) is 4.98 Å². The molecule has 0 unspecified atom stereocenters. The number of hydrogen-bond acceptors (Lipinski definition) is 5. The molecule has 19 heavy (non-hydrogen) atoms. The van der Waals surface area contributed by atoms with Crippen LogP contribution in [0.1, 0.15) is 19.4 Å². The molecule has 2 heterocycles. The molecule has 2 atom stereocenters. The van der Waals surface area contributed by atoms with Crippen LogP contribution >= 0.6 is 0 Å². The molecule has 0 radical (unpaired) electrons. The number of aliphatic hydroxyl groups is 1. The highest BCUT2D eigenvalue weighted by Gasteiger charge is 2.26. The first-order valence-corrected chi connectivity index (χ1v) is 6.64. The van der Waals surface area contributed by atoms with Crippen LogP contribution in [0.3, 0.4) is 0 Å². The molecule has 2 rings (SSSR count). The van der Waals surface area contributed by atoms with Gasteiger partial charge in [-0.1, -0.05) is 0 Å². The summed E-state index contributed by atoms with van der Waals surface area (Å²) < 4.78 is 0. The minimum Gasteiger partial charge on any atom is -0.392 e. The zero-order chi connectivity index (χ0) is 13.8. The van der Waals surface area contributed by atoms with Crippen molar-refractivity contribution in [3.63, 3.8) is 0 Å². The fourth-order valence-corrected chi connectivity index (χ4v) is 2.53. The van der Waals surface area contributed by atoms with Gasteiger partial charge in [0.1, 0.15) is 11.9 Å². The predicted molar refractivity (Wildman–Crippen MR) is 73.9 cm³/mol. The molecule has 102 valence electrons. The molecule has 1 N–H and O–H groups in total. The summed E-state index contributed by atoms with van der Waals surface area (Å²) >= 11 is 0. The van der Waals surface area contributed by atoms with E-state index in [4.69, 9.17) is 5.26 Å². The number of nitriles is 1. The van der Waals surface area contributed by atoms with Crippen LogP contribution in [-0.4, -0.2) is 53.3 Å². The highest BCUT2D eigenvalue weighted by Crippen LogP contribution is 2.20. The van der Waals surface area contributed by atoms with Crippen molar-refractivity contribution < 1.29 is 5.11 Å². The summed E-state index contributed by atoms with van der Waals surface area (Å²) in [5.41, 5.74) is 0.624. The SMILES string of the molecule is C[C@H](O)CN1CCN(c2ncccc2C#N)C[C@@H]1C. The minimum absolute atomic E-state index is 0.307. The van der Waals surface area contributed by atoms with Gasteiger partial charge in [-0.3, -0.25) is 4.90 Å². The maximum atomic E-state index is 9.48. The van der Waals surface area contributed by atoms with Gasteiger partial charge in [-0.05, 0) is 26.0 Å². The van der Waals surface area contributed by atoms with E-state index in [-0.39, 0.29) is 6.10 Å². The molecule has 0 aliphatic carbocycles. The Morgan fingerprint density at radius 2 is 2.37 bits per heavy atom. The monoisotopic (exact) mass is 260 g/mol. The summed E-state index contributed by atoms with van der Waals surface area (Å²) in [5, 5.41) is 18.6. The standard InChI is InChI=1S/C14H20N4O/c1-11-9-18(7-6-17(11)10-12(2)19)14-13(8-15)4-3-5-16-14/h3-5,11-12,19H,6-7,9-10H2,1-2H3/t11-,12-/m0/s1. The summed E-state index contributed by atoms with van der Waals surface area (Å²) in [6.45, 7) is 7.20. The number of pyridine rings is 1. The van der Waals surface area contributed by atoms with Crippen LogP contribution in [0.25, 0.3) is 0 Å². The van der Waals surface area contributed by atoms with Crippen molar-refractivity contribution >= 4 is 5.82 Å². The van der Waals surface area contributed by atoms with E-state index in [2.05, 4.69) is 27.8 Å². The average Bonchev–Trinajstić information content (AvgIpc) is 2.40. The molecule has 5 nitrogen and oxygen atoms in total. The highest BCUT2D eigenvalue weighted by atomic mass is 16.3. The third kappa shape index (κ3) is 3.22. The maximum Gasteiger partial charge on any atom is 0.146 e. The molecule has 1 aliphatic rings. The number of anilines is 1. The van der Waals surface area contributed by atoms with Crippen molar-refractivity contribution in [2.75, 3.05) is 31.1 Å². The van der Waals surface area contributed by atoms with E-state index in [1.54, 1.807) is 18.3 Å². The summed E-state index contributed by atoms with van der Waals surface area (Å²) in [5.74, 6) is 0.772. The van der Waals surface area contributed by atoms with E-state index in [0.717, 1.165) is 25.5 Å². The Morgan fingerprint density at radius 3 is 3.00 bits per heavy atom. The van der Waals surface area contributed by atoms with Crippen LogP contribution in [-0.2, 0) is 0 Å². The number of hydrogen-bond donors (Lipinski definition) is 1. The lowest BCUT2D eigenvalue weighted by molar-refractivity contribution is 0.0958. The van der Waals surface area contributed by atoms with Crippen molar-refractivity contribution in [2.24, 2.45) is 0 Å². The van der Waals surface area contributed by atoms with Crippen molar-refractivity contribution in [1.29, 1.82) is 5.26 Å². The van der Waals surface area contributed by atoms with Crippen LogP contribution < -0.4 is 4.90 Å². The first-order valence-electron chi connectivity index (χ1n) is 6.64. The molecule has 1 aliphatic heterocycles. The number of β-amino-alcohol motifs (C(OH)–C–C–N with tert-alkyl or cyclic N) is 1. The normalized spacial score (nSPS) is 22.0. The van der Waals surface area contributed by atoms with Crippen LogP contribution in [0.15, 0.2) is 18.3 Å². The Hall–Kier alpha value is -1.64. The van der Waals surface area contributed by atoms with Gasteiger partial charge in [-0.15, -0.1) is 0 Å². The topological polar surface area (TPSA) is 63.4 Å². The molecule has 1 aromatic heterocycles. The second-order valence-electron chi connectivity index (χ2n) is 5.13. The minimum atomic E-state index is -0.307. The Kier molecular flexibility index (Phi) is 4.35. The highest BCUT2D eigenvalue weighted by molar-refractivity contribution is 5.53. The van der Waals surface area contributed by atoms with E-state index in [1.165, 1.54) is 0 Å². The third-order valence-corrected chi connectivity index (χ3v) is 3.47. The van der Waals surface area contributed by atoms with Crippen molar-refractivity contribution in [3.8, 4) is 6.07 Å². The van der Waals surface area contributed by atoms with Crippen LogP contribution in [0.5, 0.6) is 0 Å². The predicted octanol–water partition coefficient (Wildman–Crippen LogP) is 0.845. The molecule has 1 saturated heterocycles. The molecule has 0 spiro atoms. The quantitative estimate of drug-likeness (QED) is 0.872. The van der Waals surface area contributed by atoms with Crippen LogP contribution in [0.2, 0.25) is 0 Å². The average molecular weight is 260 g/mol. The van der Waals surface area contributed by atoms with Crippen LogP contribution in [0.4, 0.5) is 5.82 Å². The van der Waals surface area contributed by atoms with Crippen molar-refractivity contribution in [3.05, 3.63) is 23.9 Å². The largest absolute Gasteiger partial charge is 0.392 e. The molecule has 0 bridgehead atoms. The van der Waals surface area contributed by atoms with Gasteiger partial charge in [0, 0.05) is 38.4 Å². The van der Waals surface area contributed by atoms with Gasteiger partial charge >= 0.3 is 0 Å². The van der Waals surface area contributed by atoms with E-state index >= 15 is 0 Å². The van der Waals surface area contributed by atoms with Crippen molar-refractivity contribution in [1.82, 2.24) is 9.88 Å². The lowest BCUT2D eigenvalue weighted by Gasteiger charge is -2.41. The van der Waals surface area contributed by atoms with E-state index < -0.39 is 0 Å². The van der Waals surface area contributed by atoms with E-state index in [0.29, 0.717) is 18.2 Å². The maximum absolute atomic E-state index is 9.48. The zero-order valence-corrected chi connectivity index (χ0v) is 11.5. The summed E-state index contributed by atoms with van der Waals surface area (Å²) in [6.07, 6.45) is 1.42. The van der Waals surface area contributed by atoms with Gasteiger partial charge in [0.2, 0.25) is 0 Å². The van der Waals surface area contributed by atoms with Gasteiger partial charge in [0.05, 0.1) is 11.7 Å². The van der Waals surface area contributed by atoms with E-state index in [1.807, 2.05) is 6.92 Å². The number of aromatic nitrogens is 1. The first-order chi connectivity index (χ1) is 9.11. The summed E-state index contributed by atoms with van der Waals surface area (Å²) in [4.78, 5) is 8.76. The molecule has 5 heteroatoms. The fourth-order valence-electron chi connectivity index (χ4n) is 2.53. The fraction of sp³-hybridized carbons (Fsp3) is 0.571. The number of rotatable bonds is 3.